The van der Waals surface area contributed by atoms with E-state index in [-0.39, 0.29) is 12.4 Å². The SMILES string of the molecule is CC(=O)COC(C)C(=O)OC(C)(C)C. The molecular weight excluding hydrogens is 184 g/mol. The molecular formula is C10H18O4. The highest BCUT2D eigenvalue weighted by Crippen LogP contribution is 2.09. The Morgan fingerprint density at radius 2 is 1.79 bits per heavy atom. The van der Waals surface area contributed by atoms with Crippen LogP contribution in [0.1, 0.15) is 34.6 Å². The minimum atomic E-state index is -0.696. The zero-order valence-electron chi connectivity index (χ0n) is 9.42. The van der Waals surface area contributed by atoms with Crippen molar-refractivity contribution >= 4 is 11.8 Å². The largest absolute Gasteiger partial charge is 0.458 e. The van der Waals surface area contributed by atoms with Gasteiger partial charge in [0.15, 0.2) is 11.9 Å². The summed E-state index contributed by atoms with van der Waals surface area (Å²) in [5, 5.41) is 0. The number of hydrogen-bond acceptors (Lipinski definition) is 4. The number of esters is 1. The molecule has 4 nitrogen and oxygen atoms in total. The van der Waals surface area contributed by atoms with Gasteiger partial charge in [-0.15, -0.1) is 0 Å². The molecule has 0 spiro atoms. The Labute approximate surface area is 84.6 Å². The normalized spacial score (nSPS) is 13.5. The minimum absolute atomic E-state index is 0.0551. The van der Waals surface area contributed by atoms with Crippen LogP contribution in [-0.2, 0) is 19.1 Å². The number of carbonyl (C=O) groups is 2. The average molecular weight is 202 g/mol. The fraction of sp³-hybridized carbons (Fsp3) is 0.800. The smallest absolute Gasteiger partial charge is 0.335 e. The van der Waals surface area contributed by atoms with Crippen molar-refractivity contribution in [3.63, 3.8) is 0 Å². The Kier molecular flexibility index (Phi) is 4.77. The van der Waals surface area contributed by atoms with Crippen LogP contribution in [0.5, 0.6) is 0 Å². The summed E-state index contributed by atoms with van der Waals surface area (Å²) < 4.78 is 10.0. The summed E-state index contributed by atoms with van der Waals surface area (Å²) in [5.74, 6) is -0.556. The number of rotatable bonds is 4. The summed E-state index contributed by atoms with van der Waals surface area (Å²) in [5.41, 5.74) is -0.523. The summed E-state index contributed by atoms with van der Waals surface area (Å²) in [6, 6.07) is 0. The lowest BCUT2D eigenvalue weighted by atomic mass is 10.2. The van der Waals surface area contributed by atoms with Gasteiger partial charge in [-0.3, -0.25) is 4.79 Å². The van der Waals surface area contributed by atoms with Crippen LogP contribution >= 0.6 is 0 Å². The summed E-state index contributed by atoms with van der Waals surface area (Å²) in [7, 11) is 0. The number of carbonyl (C=O) groups excluding carboxylic acids is 2. The molecule has 0 aromatic carbocycles. The van der Waals surface area contributed by atoms with Crippen LogP contribution in [0.25, 0.3) is 0 Å². The molecule has 0 amide bonds. The maximum absolute atomic E-state index is 11.3. The zero-order valence-corrected chi connectivity index (χ0v) is 9.42. The fourth-order valence-electron chi connectivity index (χ4n) is 0.695. The first-order chi connectivity index (χ1) is 6.22. The molecule has 1 atom stereocenters. The molecule has 0 aliphatic rings. The van der Waals surface area contributed by atoms with E-state index < -0.39 is 17.7 Å². The molecule has 0 aromatic heterocycles. The molecule has 0 rings (SSSR count). The highest BCUT2D eigenvalue weighted by molar-refractivity contribution is 5.78. The molecule has 0 bridgehead atoms. The molecule has 0 heterocycles. The van der Waals surface area contributed by atoms with Crippen molar-refractivity contribution in [1.29, 1.82) is 0 Å². The molecule has 0 aliphatic carbocycles. The van der Waals surface area contributed by atoms with Crippen molar-refractivity contribution < 1.29 is 19.1 Å². The van der Waals surface area contributed by atoms with Gasteiger partial charge in [0.1, 0.15) is 12.2 Å². The van der Waals surface area contributed by atoms with Gasteiger partial charge in [0.2, 0.25) is 0 Å². The third kappa shape index (κ3) is 6.60. The second-order valence-electron chi connectivity index (χ2n) is 4.19. The first kappa shape index (κ1) is 13.1. The predicted molar refractivity (Wildman–Crippen MR) is 51.9 cm³/mol. The third-order valence-corrected chi connectivity index (χ3v) is 1.28. The summed E-state index contributed by atoms with van der Waals surface area (Å²) in [6.45, 7) is 8.26. The van der Waals surface area contributed by atoms with E-state index in [4.69, 9.17) is 9.47 Å². The van der Waals surface area contributed by atoms with Crippen LogP contribution in [0.4, 0.5) is 0 Å². The molecule has 0 radical (unpaired) electrons. The molecule has 0 aliphatic heterocycles. The second-order valence-corrected chi connectivity index (χ2v) is 4.19. The van der Waals surface area contributed by atoms with Crippen LogP contribution in [0.15, 0.2) is 0 Å². The Morgan fingerprint density at radius 3 is 2.14 bits per heavy atom. The monoisotopic (exact) mass is 202 g/mol. The average Bonchev–Trinajstić information content (AvgIpc) is 1.96. The molecule has 4 heteroatoms. The van der Waals surface area contributed by atoms with Gasteiger partial charge in [-0.05, 0) is 34.6 Å². The minimum Gasteiger partial charge on any atom is -0.458 e. The lowest BCUT2D eigenvalue weighted by Crippen LogP contribution is -2.32. The van der Waals surface area contributed by atoms with Gasteiger partial charge >= 0.3 is 5.97 Å². The maximum atomic E-state index is 11.3. The summed E-state index contributed by atoms with van der Waals surface area (Å²) in [6.07, 6.45) is -0.696. The molecule has 0 aromatic rings. The number of ether oxygens (including phenoxy) is 2. The summed E-state index contributed by atoms with van der Waals surface area (Å²) >= 11 is 0. The second kappa shape index (κ2) is 5.10. The van der Waals surface area contributed by atoms with Crippen LogP contribution in [0.3, 0.4) is 0 Å². The molecule has 0 saturated heterocycles. The van der Waals surface area contributed by atoms with Crippen molar-refractivity contribution in [2.75, 3.05) is 6.61 Å². The van der Waals surface area contributed by atoms with E-state index in [0.717, 1.165) is 0 Å². The van der Waals surface area contributed by atoms with Gasteiger partial charge in [0, 0.05) is 0 Å². The lowest BCUT2D eigenvalue weighted by molar-refractivity contribution is -0.167. The number of Topliss-reactive ketones (excluding diaryl/α,β-unsaturated/α-hetero) is 1. The highest BCUT2D eigenvalue weighted by Gasteiger charge is 2.22. The summed E-state index contributed by atoms with van der Waals surface area (Å²) in [4.78, 5) is 21.9. The van der Waals surface area contributed by atoms with Gasteiger partial charge in [0.25, 0.3) is 0 Å². The van der Waals surface area contributed by atoms with Crippen LogP contribution in [-0.4, -0.2) is 30.1 Å². The fourth-order valence-corrected chi connectivity index (χ4v) is 0.695. The lowest BCUT2D eigenvalue weighted by Gasteiger charge is -2.22. The van der Waals surface area contributed by atoms with E-state index in [1.165, 1.54) is 6.92 Å². The molecule has 0 N–H and O–H groups in total. The Hall–Kier alpha value is -0.900. The number of ketones is 1. The van der Waals surface area contributed by atoms with Crippen LogP contribution in [0, 0.1) is 0 Å². The predicted octanol–water partition coefficient (Wildman–Crippen LogP) is 1.32. The maximum Gasteiger partial charge on any atom is 0.335 e. The third-order valence-electron chi connectivity index (χ3n) is 1.28. The van der Waals surface area contributed by atoms with E-state index in [2.05, 4.69) is 0 Å². The van der Waals surface area contributed by atoms with Crippen LogP contribution in [0.2, 0.25) is 0 Å². The van der Waals surface area contributed by atoms with E-state index in [1.54, 1.807) is 27.7 Å². The zero-order chi connectivity index (χ0) is 11.4. The molecule has 0 saturated carbocycles. The van der Waals surface area contributed by atoms with Crippen molar-refractivity contribution in [1.82, 2.24) is 0 Å². The van der Waals surface area contributed by atoms with Crippen molar-refractivity contribution in [3.8, 4) is 0 Å². The van der Waals surface area contributed by atoms with Crippen molar-refractivity contribution in [2.45, 2.75) is 46.3 Å². The van der Waals surface area contributed by atoms with E-state index in [9.17, 15) is 9.59 Å². The number of hydrogen-bond donors (Lipinski definition) is 0. The molecule has 0 fully saturated rings. The van der Waals surface area contributed by atoms with Gasteiger partial charge < -0.3 is 9.47 Å². The van der Waals surface area contributed by atoms with Gasteiger partial charge in [-0.1, -0.05) is 0 Å². The van der Waals surface area contributed by atoms with Gasteiger partial charge in [0.05, 0.1) is 0 Å². The molecule has 82 valence electrons. The molecule has 1 unspecified atom stereocenters. The highest BCUT2D eigenvalue weighted by atomic mass is 16.6. The van der Waals surface area contributed by atoms with Crippen LogP contribution < -0.4 is 0 Å². The van der Waals surface area contributed by atoms with E-state index >= 15 is 0 Å². The van der Waals surface area contributed by atoms with E-state index in [0.29, 0.717) is 0 Å². The quantitative estimate of drug-likeness (QED) is 0.645. The Morgan fingerprint density at radius 1 is 1.29 bits per heavy atom. The topological polar surface area (TPSA) is 52.6 Å². The van der Waals surface area contributed by atoms with Crippen molar-refractivity contribution in [2.24, 2.45) is 0 Å². The van der Waals surface area contributed by atoms with Gasteiger partial charge in [-0.25, -0.2) is 4.79 Å². The Balaban J connectivity index is 3.94. The van der Waals surface area contributed by atoms with E-state index in [1.807, 2.05) is 0 Å². The molecule has 14 heavy (non-hydrogen) atoms. The first-order valence-corrected chi connectivity index (χ1v) is 4.56. The van der Waals surface area contributed by atoms with Gasteiger partial charge in [-0.2, -0.15) is 0 Å². The standard InChI is InChI=1S/C10H18O4/c1-7(11)6-13-8(2)9(12)14-10(3,4)5/h8H,6H2,1-5H3. The van der Waals surface area contributed by atoms with Crippen molar-refractivity contribution in [3.05, 3.63) is 0 Å². The first-order valence-electron chi connectivity index (χ1n) is 4.56. The Bertz CT molecular complexity index is 215.